The second-order valence-corrected chi connectivity index (χ2v) is 4.60. The maximum Gasteiger partial charge on any atom is 0.332 e. The first-order chi connectivity index (χ1) is 9.65. The third-order valence-corrected chi connectivity index (χ3v) is 3.09. The Hall–Kier alpha value is -2.09. The molecule has 2 heterocycles. The fourth-order valence-corrected chi connectivity index (χ4v) is 2.02. The number of carbonyl (C=O) groups excluding carboxylic acids is 1. The van der Waals surface area contributed by atoms with Crippen molar-refractivity contribution in [2.24, 2.45) is 0 Å². The van der Waals surface area contributed by atoms with Crippen LogP contribution in [0.25, 0.3) is 0 Å². The van der Waals surface area contributed by atoms with Crippen LogP contribution < -0.4 is 10.6 Å². The molecular formula is C12H18N4O4. The molecule has 0 spiro atoms. The van der Waals surface area contributed by atoms with E-state index in [1.54, 1.807) is 12.5 Å². The summed E-state index contributed by atoms with van der Waals surface area (Å²) >= 11 is 0. The second kappa shape index (κ2) is 6.90. The highest BCUT2D eigenvalue weighted by molar-refractivity contribution is 5.74. The summed E-state index contributed by atoms with van der Waals surface area (Å²) in [5, 5.41) is 14.2. The van der Waals surface area contributed by atoms with Gasteiger partial charge in [0.1, 0.15) is 0 Å². The van der Waals surface area contributed by atoms with Gasteiger partial charge in [-0.15, -0.1) is 0 Å². The minimum absolute atomic E-state index is 0.226. The number of nitrogens with zero attached hydrogens (tertiary/aromatic N) is 2. The van der Waals surface area contributed by atoms with E-state index in [9.17, 15) is 9.59 Å². The number of aliphatic carboxylic acids is 1. The Morgan fingerprint density at radius 1 is 1.40 bits per heavy atom. The lowest BCUT2D eigenvalue weighted by atomic mass is 10.2. The van der Waals surface area contributed by atoms with Crippen molar-refractivity contribution in [3.8, 4) is 0 Å². The van der Waals surface area contributed by atoms with Crippen LogP contribution in [0, 0.1) is 0 Å². The zero-order chi connectivity index (χ0) is 14.4. The maximum atomic E-state index is 11.5. The number of carboxylic acid groups (broad SMARTS) is 1. The quantitative estimate of drug-likeness (QED) is 0.671. The first-order valence-corrected chi connectivity index (χ1v) is 6.51. The summed E-state index contributed by atoms with van der Waals surface area (Å²) < 4.78 is 7.14. The van der Waals surface area contributed by atoms with Crippen molar-refractivity contribution in [3.05, 3.63) is 18.7 Å². The fourth-order valence-electron chi connectivity index (χ4n) is 2.02. The van der Waals surface area contributed by atoms with Crippen LogP contribution in [-0.4, -0.2) is 52.0 Å². The number of ether oxygens (including phenoxy) is 1. The molecule has 1 aliphatic heterocycles. The van der Waals surface area contributed by atoms with Crippen molar-refractivity contribution in [1.82, 2.24) is 20.2 Å². The second-order valence-electron chi connectivity index (χ2n) is 4.60. The maximum absolute atomic E-state index is 11.5. The predicted molar refractivity (Wildman–Crippen MR) is 69.2 cm³/mol. The first kappa shape index (κ1) is 14.3. The predicted octanol–water partition coefficient (Wildman–Crippen LogP) is -0.185. The van der Waals surface area contributed by atoms with E-state index >= 15 is 0 Å². The topological polar surface area (TPSA) is 105 Å². The van der Waals surface area contributed by atoms with Crippen molar-refractivity contribution >= 4 is 12.0 Å². The standard InChI is InChI=1S/C12H18N4O4/c17-11(18)10-2-1-9(20-10)7-15-12(19)14-4-6-16-5-3-13-8-16/h3,5,8-10H,1-2,4,6-7H2,(H,17,18)(H2,14,15,19). The minimum Gasteiger partial charge on any atom is -0.479 e. The van der Waals surface area contributed by atoms with E-state index < -0.39 is 12.1 Å². The number of nitrogens with one attached hydrogen (secondary N) is 2. The van der Waals surface area contributed by atoms with Gasteiger partial charge >= 0.3 is 12.0 Å². The summed E-state index contributed by atoms with van der Waals surface area (Å²) in [6.45, 7) is 1.46. The number of imidazole rings is 1. The lowest BCUT2D eigenvalue weighted by molar-refractivity contribution is -0.149. The van der Waals surface area contributed by atoms with Crippen LogP contribution in [0.15, 0.2) is 18.7 Å². The first-order valence-electron chi connectivity index (χ1n) is 6.51. The lowest BCUT2D eigenvalue weighted by Crippen LogP contribution is -2.41. The summed E-state index contributed by atoms with van der Waals surface area (Å²) in [5.41, 5.74) is 0. The van der Waals surface area contributed by atoms with Crippen molar-refractivity contribution in [3.63, 3.8) is 0 Å². The molecule has 0 saturated carbocycles. The number of carboxylic acids is 1. The number of carbonyl (C=O) groups is 2. The SMILES string of the molecule is O=C(NCCn1ccnc1)NCC1CCC(C(=O)O)O1. The van der Waals surface area contributed by atoms with Crippen molar-refractivity contribution < 1.29 is 19.4 Å². The molecule has 2 atom stereocenters. The van der Waals surface area contributed by atoms with E-state index in [1.165, 1.54) is 0 Å². The highest BCUT2D eigenvalue weighted by atomic mass is 16.5. The van der Waals surface area contributed by atoms with Gasteiger partial charge in [-0.25, -0.2) is 14.6 Å². The van der Waals surface area contributed by atoms with Gasteiger partial charge in [-0.1, -0.05) is 0 Å². The van der Waals surface area contributed by atoms with E-state index in [1.807, 2.05) is 10.8 Å². The van der Waals surface area contributed by atoms with Crippen LogP contribution in [0.3, 0.4) is 0 Å². The van der Waals surface area contributed by atoms with Crippen LogP contribution in [-0.2, 0) is 16.1 Å². The minimum atomic E-state index is -0.947. The Bertz CT molecular complexity index is 448. The molecule has 8 nitrogen and oxygen atoms in total. The van der Waals surface area contributed by atoms with Gasteiger partial charge < -0.3 is 25.0 Å². The molecule has 2 amide bonds. The molecule has 1 aromatic rings. The molecule has 20 heavy (non-hydrogen) atoms. The molecule has 110 valence electrons. The number of amides is 2. The summed E-state index contributed by atoms with van der Waals surface area (Å²) in [4.78, 5) is 26.1. The van der Waals surface area contributed by atoms with Crippen molar-refractivity contribution in [2.45, 2.75) is 31.6 Å². The summed E-state index contributed by atoms with van der Waals surface area (Å²) in [7, 11) is 0. The van der Waals surface area contributed by atoms with Gasteiger partial charge in [-0.3, -0.25) is 0 Å². The summed E-state index contributed by atoms with van der Waals surface area (Å²) in [6, 6.07) is -0.285. The van der Waals surface area contributed by atoms with Crippen LogP contribution in [0.4, 0.5) is 4.79 Å². The number of hydrogen-bond donors (Lipinski definition) is 3. The summed E-state index contributed by atoms with van der Waals surface area (Å²) in [5.74, 6) is -0.947. The van der Waals surface area contributed by atoms with Crippen molar-refractivity contribution in [1.29, 1.82) is 0 Å². The van der Waals surface area contributed by atoms with Crippen molar-refractivity contribution in [2.75, 3.05) is 13.1 Å². The molecule has 2 unspecified atom stereocenters. The molecule has 1 fully saturated rings. The Morgan fingerprint density at radius 2 is 2.25 bits per heavy atom. The smallest absolute Gasteiger partial charge is 0.332 e. The van der Waals surface area contributed by atoms with Gasteiger partial charge in [-0.05, 0) is 12.8 Å². The molecule has 1 aliphatic rings. The van der Waals surface area contributed by atoms with Crippen LogP contribution in [0.2, 0.25) is 0 Å². The molecule has 3 N–H and O–H groups in total. The zero-order valence-electron chi connectivity index (χ0n) is 11.0. The van der Waals surface area contributed by atoms with E-state index in [4.69, 9.17) is 9.84 Å². The molecule has 1 aromatic heterocycles. The third kappa shape index (κ3) is 4.23. The molecular weight excluding hydrogens is 264 g/mol. The Balaban J connectivity index is 1.57. The average molecular weight is 282 g/mol. The summed E-state index contributed by atoms with van der Waals surface area (Å²) in [6.07, 6.45) is 5.34. The van der Waals surface area contributed by atoms with Gasteiger partial charge in [0, 0.05) is 32.0 Å². The Labute approximate surface area is 116 Å². The highest BCUT2D eigenvalue weighted by Gasteiger charge is 2.30. The normalized spacial score (nSPS) is 21.6. The van der Waals surface area contributed by atoms with E-state index in [-0.39, 0.29) is 12.1 Å². The molecule has 1 saturated heterocycles. The number of hydrogen-bond acceptors (Lipinski definition) is 4. The van der Waals surface area contributed by atoms with Crippen LogP contribution in [0.1, 0.15) is 12.8 Å². The molecule has 0 bridgehead atoms. The van der Waals surface area contributed by atoms with Gasteiger partial charge in [0.15, 0.2) is 6.10 Å². The van der Waals surface area contributed by atoms with Gasteiger partial charge in [0.2, 0.25) is 0 Å². The molecule has 8 heteroatoms. The largest absolute Gasteiger partial charge is 0.479 e. The average Bonchev–Trinajstić information content (AvgIpc) is 3.07. The number of urea groups is 1. The van der Waals surface area contributed by atoms with Crippen LogP contribution in [0.5, 0.6) is 0 Å². The number of aromatic nitrogens is 2. The Kier molecular flexibility index (Phi) is 4.94. The van der Waals surface area contributed by atoms with Gasteiger partial charge in [0.05, 0.1) is 12.4 Å². The molecule has 2 rings (SSSR count). The number of rotatable bonds is 6. The molecule has 0 radical (unpaired) electrons. The molecule has 0 aliphatic carbocycles. The highest BCUT2D eigenvalue weighted by Crippen LogP contribution is 2.18. The van der Waals surface area contributed by atoms with E-state index in [0.717, 1.165) is 0 Å². The molecule has 0 aromatic carbocycles. The third-order valence-electron chi connectivity index (χ3n) is 3.09. The van der Waals surface area contributed by atoms with E-state index in [2.05, 4.69) is 15.6 Å². The monoisotopic (exact) mass is 282 g/mol. The van der Waals surface area contributed by atoms with Crippen LogP contribution >= 0.6 is 0 Å². The van der Waals surface area contributed by atoms with Gasteiger partial charge in [0.25, 0.3) is 0 Å². The van der Waals surface area contributed by atoms with Gasteiger partial charge in [-0.2, -0.15) is 0 Å². The lowest BCUT2D eigenvalue weighted by Gasteiger charge is -2.13. The Morgan fingerprint density at radius 3 is 2.90 bits per heavy atom. The zero-order valence-corrected chi connectivity index (χ0v) is 11.0. The fraction of sp³-hybridized carbons (Fsp3) is 0.583. The van der Waals surface area contributed by atoms with E-state index in [0.29, 0.717) is 32.5 Å².